The zero-order valence-corrected chi connectivity index (χ0v) is 17.2. The smallest absolute Gasteiger partial charge is 0.350 e. The monoisotopic (exact) mass is 441 g/mol. The molecule has 0 spiro atoms. The standard InChI is InChI=1S/C18H17ClFN3O5S/c1-4-7-27-14(24)18(5-6-18)28-13-9-12(11(20)8-10(13)19)23-15(25)21(2)17(29)22(3)16(23)26/h4,8-9H,1,5-7H2,2-3H3. The number of ether oxygens (including phenoxy) is 2. The zero-order valence-electron chi connectivity index (χ0n) is 15.6. The molecule has 3 rings (SSSR count). The lowest BCUT2D eigenvalue weighted by molar-refractivity contribution is -0.152. The van der Waals surface area contributed by atoms with Gasteiger partial charge in [-0.1, -0.05) is 24.3 Å². The summed E-state index contributed by atoms with van der Waals surface area (Å²) in [4.78, 5) is 37.3. The molecule has 29 heavy (non-hydrogen) atoms. The summed E-state index contributed by atoms with van der Waals surface area (Å²) in [6.45, 7) is 3.49. The predicted octanol–water partition coefficient (Wildman–Crippen LogP) is 2.04. The molecule has 2 aromatic rings. The van der Waals surface area contributed by atoms with Gasteiger partial charge in [0.15, 0.2) is 4.77 Å². The Balaban J connectivity index is 2.11. The van der Waals surface area contributed by atoms with E-state index in [2.05, 4.69) is 6.58 Å². The van der Waals surface area contributed by atoms with Crippen LogP contribution in [0.3, 0.4) is 0 Å². The highest BCUT2D eigenvalue weighted by Crippen LogP contribution is 2.44. The lowest BCUT2D eigenvalue weighted by atomic mass is 10.2. The normalized spacial score (nSPS) is 14.3. The molecular formula is C18H17ClFN3O5S. The minimum Gasteiger partial charge on any atom is -0.474 e. The Morgan fingerprint density at radius 1 is 1.31 bits per heavy atom. The van der Waals surface area contributed by atoms with Crippen molar-refractivity contribution in [2.45, 2.75) is 18.4 Å². The Hall–Kier alpha value is -2.72. The molecule has 0 amide bonds. The van der Waals surface area contributed by atoms with Crippen molar-refractivity contribution in [1.82, 2.24) is 13.7 Å². The Kier molecular flexibility index (Phi) is 5.50. The third-order valence-corrected chi connectivity index (χ3v) is 5.33. The van der Waals surface area contributed by atoms with Gasteiger partial charge in [0.1, 0.15) is 18.2 Å². The van der Waals surface area contributed by atoms with Gasteiger partial charge in [-0.15, -0.1) is 0 Å². The molecule has 0 unspecified atom stereocenters. The van der Waals surface area contributed by atoms with Crippen LogP contribution in [-0.4, -0.2) is 31.9 Å². The SMILES string of the molecule is C=CCOC(=O)C1(Oc2cc(-n3c(=O)n(C)c(=S)n(C)c3=O)c(F)cc2Cl)CC1. The van der Waals surface area contributed by atoms with Crippen molar-refractivity contribution in [3.63, 3.8) is 0 Å². The number of hydrogen-bond donors (Lipinski definition) is 0. The van der Waals surface area contributed by atoms with Gasteiger partial charge < -0.3 is 9.47 Å². The molecule has 1 aliphatic rings. The Morgan fingerprint density at radius 2 is 1.90 bits per heavy atom. The number of rotatable bonds is 6. The summed E-state index contributed by atoms with van der Waals surface area (Å²) in [5.41, 5.74) is -3.29. The lowest BCUT2D eigenvalue weighted by Crippen LogP contribution is -2.43. The molecule has 0 N–H and O–H groups in total. The number of carbonyl (C=O) groups is 1. The van der Waals surface area contributed by atoms with E-state index in [1.54, 1.807) is 0 Å². The number of aromatic nitrogens is 3. The third kappa shape index (κ3) is 3.65. The highest BCUT2D eigenvalue weighted by molar-refractivity contribution is 7.71. The van der Waals surface area contributed by atoms with Crippen LogP contribution in [-0.2, 0) is 23.6 Å². The van der Waals surface area contributed by atoms with Crippen LogP contribution in [0.5, 0.6) is 5.75 Å². The predicted molar refractivity (Wildman–Crippen MR) is 106 cm³/mol. The second-order valence-corrected chi connectivity index (χ2v) is 7.29. The third-order valence-electron chi connectivity index (χ3n) is 4.49. The van der Waals surface area contributed by atoms with Crippen LogP contribution in [0.1, 0.15) is 12.8 Å². The van der Waals surface area contributed by atoms with E-state index in [1.165, 1.54) is 20.2 Å². The zero-order chi connectivity index (χ0) is 21.5. The van der Waals surface area contributed by atoms with Crippen LogP contribution in [0.15, 0.2) is 34.4 Å². The molecule has 0 bridgehead atoms. The van der Waals surface area contributed by atoms with Crippen LogP contribution in [0.2, 0.25) is 5.02 Å². The summed E-state index contributed by atoms with van der Waals surface area (Å²) in [5, 5.41) is -0.122. The maximum absolute atomic E-state index is 14.6. The van der Waals surface area contributed by atoms with Gasteiger partial charge in [0.25, 0.3) is 0 Å². The van der Waals surface area contributed by atoms with Crippen molar-refractivity contribution in [3.8, 4) is 11.4 Å². The molecule has 1 heterocycles. The second kappa shape index (κ2) is 7.60. The minimum atomic E-state index is -1.24. The molecule has 0 saturated heterocycles. The van der Waals surface area contributed by atoms with E-state index in [-0.39, 0.29) is 27.8 Å². The molecule has 1 aromatic heterocycles. The number of carbonyl (C=O) groups excluding carboxylic acids is 1. The van der Waals surface area contributed by atoms with Crippen LogP contribution in [0, 0.1) is 10.6 Å². The maximum atomic E-state index is 14.6. The van der Waals surface area contributed by atoms with Crippen LogP contribution < -0.4 is 16.1 Å². The molecule has 1 saturated carbocycles. The Bertz CT molecular complexity index is 1160. The fourth-order valence-corrected chi connectivity index (χ4v) is 3.03. The second-order valence-electron chi connectivity index (χ2n) is 6.52. The first-order valence-corrected chi connectivity index (χ1v) is 9.27. The van der Waals surface area contributed by atoms with Crippen molar-refractivity contribution in [2.75, 3.05) is 6.61 Å². The molecule has 1 aliphatic carbocycles. The quantitative estimate of drug-likeness (QED) is 0.387. The van der Waals surface area contributed by atoms with Crippen LogP contribution in [0.25, 0.3) is 5.69 Å². The van der Waals surface area contributed by atoms with E-state index < -0.39 is 28.8 Å². The molecule has 1 fully saturated rings. The largest absolute Gasteiger partial charge is 0.474 e. The highest BCUT2D eigenvalue weighted by atomic mass is 35.5. The fourth-order valence-electron chi connectivity index (χ4n) is 2.68. The van der Waals surface area contributed by atoms with Gasteiger partial charge in [-0.3, -0.25) is 9.13 Å². The first-order chi connectivity index (χ1) is 13.6. The van der Waals surface area contributed by atoms with Gasteiger partial charge in [-0.25, -0.2) is 23.3 Å². The summed E-state index contributed by atoms with van der Waals surface area (Å²) in [6.07, 6.45) is 2.18. The molecule has 0 radical (unpaired) electrons. The molecule has 1 aromatic carbocycles. The number of hydrogen-bond acceptors (Lipinski definition) is 6. The first kappa shape index (κ1) is 21.0. The highest BCUT2D eigenvalue weighted by Gasteiger charge is 2.55. The topological polar surface area (TPSA) is 84.5 Å². The molecule has 0 aliphatic heterocycles. The average molecular weight is 442 g/mol. The molecule has 0 atom stereocenters. The van der Waals surface area contributed by atoms with E-state index >= 15 is 0 Å². The summed E-state index contributed by atoms with van der Waals surface area (Å²) in [7, 11) is 2.72. The van der Waals surface area contributed by atoms with Crippen molar-refractivity contribution >= 4 is 29.8 Å². The maximum Gasteiger partial charge on any atom is 0.350 e. The van der Waals surface area contributed by atoms with Gasteiger partial charge >= 0.3 is 17.3 Å². The summed E-state index contributed by atoms with van der Waals surface area (Å²) >= 11 is 11.1. The van der Waals surface area contributed by atoms with E-state index in [4.69, 9.17) is 33.3 Å². The van der Waals surface area contributed by atoms with Crippen molar-refractivity contribution in [1.29, 1.82) is 0 Å². The fraction of sp³-hybridized carbons (Fsp3) is 0.333. The van der Waals surface area contributed by atoms with Gasteiger partial charge in [0, 0.05) is 33.0 Å². The van der Waals surface area contributed by atoms with Gasteiger partial charge in [0.05, 0.1) is 10.7 Å². The van der Waals surface area contributed by atoms with Gasteiger partial charge in [-0.05, 0) is 18.3 Å². The summed E-state index contributed by atoms with van der Waals surface area (Å²) in [5.74, 6) is -1.58. The molecule has 8 nitrogen and oxygen atoms in total. The van der Waals surface area contributed by atoms with Crippen molar-refractivity contribution in [3.05, 3.63) is 61.4 Å². The minimum absolute atomic E-state index is 0.0156. The summed E-state index contributed by atoms with van der Waals surface area (Å²) < 4.78 is 28.0. The van der Waals surface area contributed by atoms with E-state index in [1.807, 2.05) is 0 Å². The molecule has 154 valence electrons. The van der Waals surface area contributed by atoms with E-state index in [0.29, 0.717) is 17.4 Å². The number of esters is 1. The molecule has 11 heteroatoms. The van der Waals surface area contributed by atoms with E-state index in [9.17, 15) is 18.8 Å². The van der Waals surface area contributed by atoms with Crippen molar-refractivity contribution < 1.29 is 18.7 Å². The van der Waals surface area contributed by atoms with Gasteiger partial charge in [0.2, 0.25) is 5.60 Å². The number of halogens is 2. The number of nitrogens with zero attached hydrogens (tertiary/aromatic N) is 3. The first-order valence-electron chi connectivity index (χ1n) is 8.48. The van der Waals surface area contributed by atoms with Crippen LogP contribution >= 0.6 is 23.8 Å². The number of benzene rings is 1. The van der Waals surface area contributed by atoms with Crippen LogP contribution in [0.4, 0.5) is 4.39 Å². The molecular weight excluding hydrogens is 425 g/mol. The summed E-state index contributed by atoms with van der Waals surface area (Å²) in [6, 6.07) is 2.01. The Morgan fingerprint density at radius 3 is 2.41 bits per heavy atom. The average Bonchev–Trinajstić information content (AvgIpc) is 3.47. The lowest BCUT2D eigenvalue weighted by Gasteiger charge is -2.19. The van der Waals surface area contributed by atoms with Crippen molar-refractivity contribution in [2.24, 2.45) is 14.1 Å². The van der Waals surface area contributed by atoms with Gasteiger partial charge in [-0.2, -0.15) is 0 Å². The van der Waals surface area contributed by atoms with E-state index in [0.717, 1.165) is 21.3 Å². The Labute approximate surface area is 174 Å².